The lowest BCUT2D eigenvalue weighted by Gasteiger charge is -2.34. The minimum absolute atomic E-state index is 0.0650. The molecule has 3 aromatic rings. The van der Waals surface area contributed by atoms with Crippen LogP contribution in [0.2, 0.25) is 5.02 Å². The number of sulfonamides is 1. The number of hydrogen-bond donors (Lipinski definition) is 1. The van der Waals surface area contributed by atoms with Gasteiger partial charge < -0.3 is 10.2 Å². The van der Waals surface area contributed by atoms with Crippen LogP contribution in [0.1, 0.15) is 42.4 Å². The second-order valence-electron chi connectivity index (χ2n) is 10.8. The van der Waals surface area contributed by atoms with Crippen molar-refractivity contribution in [3.05, 3.63) is 100 Å². The smallest absolute Gasteiger partial charge is 0.352 e. The molecule has 1 aliphatic carbocycles. The molecule has 1 aliphatic rings. The third kappa shape index (κ3) is 8.72. The van der Waals surface area contributed by atoms with Crippen LogP contribution >= 0.6 is 11.6 Å². The summed E-state index contributed by atoms with van der Waals surface area (Å²) in [4.78, 5) is 29.1. The molecule has 4 rings (SSSR count). The number of anilines is 1. The summed E-state index contributed by atoms with van der Waals surface area (Å²) in [7, 11) is -4.35. The van der Waals surface area contributed by atoms with E-state index in [0.717, 1.165) is 43.6 Å². The third-order valence-electron chi connectivity index (χ3n) is 7.46. The topological polar surface area (TPSA) is 86.8 Å². The Bertz CT molecular complexity index is 1560. The number of rotatable bonds is 11. The Labute approximate surface area is 258 Å². The van der Waals surface area contributed by atoms with Crippen LogP contribution in [0.5, 0.6) is 0 Å². The molecule has 44 heavy (non-hydrogen) atoms. The Hall–Kier alpha value is -3.64. The molecule has 0 radical (unpaired) electrons. The van der Waals surface area contributed by atoms with Crippen LogP contribution in [0.25, 0.3) is 0 Å². The van der Waals surface area contributed by atoms with E-state index in [1.165, 1.54) is 29.2 Å². The molecule has 1 N–H and O–H groups in total. The number of amides is 2. The molecule has 3 aromatic carbocycles. The molecular formula is C31H32ClF4N3O4S. The first-order valence-electron chi connectivity index (χ1n) is 13.9. The van der Waals surface area contributed by atoms with Crippen molar-refractivity contribution in [2.24, 2.45) is 0 Å². The minimum Gasteiger partial charge on any atom is -0.352 e. The summed E-state index contributed by atoms with van der Waals surface area (Å²) < 4.78 is 80.7. The van der Waals surface area contributed by atoms with Crippen LogP contribution in [0.3, 0.4) is 0 Å². The van der Waals surface area contributed by atoms with Crippen LogP contribution in [-0.2, 0) is 38.8 Å². The van der Waals surface area contributed by atoms with E-state index in [2.05, 4.69) is 5.32 Å². The van der Waals surface area contributed by atoms with Crippen molar-refractivity contribution in [3.63, 3.8) is 0 Å². The first kappa shape index (κ1) is 33.3. The zero-order chi connectivity index (χ0) is 32.1. The predicted octanol–water partition coefficient (Wildman–Crippen LogP) is 5.96. The first-order chi connectivity index (χ1) is 20.7. The average Bonchev–Trinajstić information content (AvgIpc) is 3.47. The number of hydrogen-bond acceptors (Lipinski definition) is 4. The maximum Gasteiger partial charge on any atom is 0.416 e. The molecule has 1 saturated carbocycles. The van der Waals surface area contributed by atoms with Gasteiger partial charge in [-0.3, -0.25) is 13.9 Å². The van der Waals surface area contributed by atoms with Gasteiger partial charge in [0.2, 0.25) is 21.8 Å². The summed E-state index contributed by atoms with van der Waals surface area (Å²) in [6.07, 6.45) is -0.580. The Morgan fingerprint density at radius 2 is 1.61 bits per heavy atom. The van der Waals surface area contributed by atoms with Gasteiger partial charge in [0.25, 0.3) is 0 Å². The van der Waals surface area contributed by atoms with Crippen molar-refractivity contribution < 1.29 is 35.6 Å². The van der Waals surface area contributed by atoms with E-state index in [0.29, 0.717) is 22.0 Å². The zero-order valence-electron chi connectivity index (χ0n) is 23.9. The molecule has 0 spiro atoms. The van der Waals surface area contributed by atoms with Crippen molar-refractivity contribution >= 4 is 39.1 Å². The van der Waals surface area contributed by atoms with Gasteiger partial charge in [0.05, 0.1) is 22.5 Å². The van der Waals surface area contributed by atoms with E-state index in [4.69, 9.17) is 11.6 Å². The number of carbonyl (C=O) groups excluding carboxylic acids is 2. The van der Waals surface area contributed by atoms with Crippen LogP contribution in [0.4, 0.5) is 23.2 Å². The Morgan fingerprint density at radius 3 is 2.20 bits per heavy atom. The maximum absolute atomic E-state index is 14.1. The standard InChI is InChI=1S/C31H32ClF4N3O4S/c1-44(42,43)39(27-18-23(31(34,35)36)13-16-26(27)32)20-29(40)38(19-22-11-14-24(33)15-12-22)28(17-21-7-3-2-4-8-21)30(41)37-25-9-5-6-10-25/h2-4,7-8,11-16,18,25,28H,5-6,9-10,17,19-20H2,1H3,(H,37,41). The van der Waals surface area contributed by atoms with Gasteiger partial charge in [-0.25, -0.2) is 12.8 Å². The normalized spacial score (nSPS) is 14.7. The molecule has 1 unspecified atom stereocenters. The molecular weight excluding hydrogens is 622 g/mol. The van der Waals surface area contributed by atoms with Gasteiger partial charge in [0.15, 0.2) is 0 Å². The Kier molecular flexibility index (Phi) is 10.6. The van der Waals surface area contributed by atoms with E-state index < -0.39 is 57.7 Å². The lowest BCUT2D eigenvalue weighted by molar-refractivity contribution is -0.140. The lowest BCUT2D eigenvalue weighted by atomic mass is 10.0. The quantitative estimate of drug-likeness (QED) is 0.259. The monoisotopic (exact) mass is 653 g/mol. The third-order valence-corrected chi connectivity index (χ3v) is 8.91. The second-order valence-corrected chi connectivity index (χ2v) is 13.1. The van der Waals surface area contributed by atoms with Crippen molar-refractivity contribution in [2.75, 3.05) is 17.1 Å². The van der Waals surface area contributed by atoms with Gasteiger partial charge >= 0.3 is 6.18 Å². The van der Waals surface area contributed by atoms with E-state index in [1.807, 2.05) is 0 Å². The highest BCUT2D eigenvalue weighted by Gasteiger charge is 2.36. The molecule has 0 aromatic heterocycles. The largest absolute Gasteiger partial charge is 0.416 e. The van der Waals surface area contributed by atoms with Gasteiger partial charge in [0, 0.05) is 19.0 Å². The SMILES string of the molecule is CS(=O)(=O)N(CC(=O)N(Cc1ccc(F)cc1)C(Cc1ccccc1)C(=O)NC1CCCC1)c1cc(C(F)(F)F)ccc1Cl. The molecule has 0 saturated heterocycles. The van der Waals surface area contributed by atoms with Crippen molar-refractivity contribution in [1.29, 1.82) is 0 Å². The number of nitrogens with one attached hydrogen (secondary N) is 1. The molecule has 0 aliphatic heterocycles. The van der Waals surface area contributed by atoms with Gasteiger partial charge in [0.1, 0.15) is 18.4 Å². The highest BCUT2D eigenvalue weighted by molar-refractivity contribution is 7.92. The summed E-state index contributed by atoms with van der Waals surface area (Å²) in [5, 5.41) is 2.69. The van der Waals surface area contributed by atoms with E-state index in [1.54, 1.807) is 30.3 Å². The van der Waals surface area contributed by atoms with E-state index in [-0.39, 0.29) is 24.0 Å². The molecule has 7 nitrogen and oxygen atoms in total. The highest BCUT2D eigenvalue weighted by atomic mass is 35.5. The van der Waals surface area contributed by atoms with Crippen LogP contribution < -0.4 is 9.62 Å². The maximum atomic E-state index is 14.1. The summed E-state index contributed by atoms with van der Waals surface area (Å²) in [6, 6.07) is 15.1. The predicted molar refractivity (Wildman–Crippen MR) is 160 cm³/mol. The molecule has 1 atom stereocenters. The van der Waals surface area contributed by atoms with Crippen molar-refractivity contribution in [1.82, 2.24) is 10.2 Å². The molecule has 2 amide bonds. The number of benzene rings is 3. The summed E-state index contributed by atoms with van der Waals surface area (Å²) >= 11 is 6.17. The van der Waals surface area contributed by atoms with Crippen LogP contribution in [-0.4, -0.2) is 50.0 Å². The van der Waals surface area contributed by atoms with E-state index in [9.17, 15) is 35.6 Å². The number of nitrogens with zero attached hydrogens (tertiary/aromatic N) is 2. The van der Waals surface area contributed by atoms with Crippen molar-refractivity contribution in [3.8, 4) is 0 Å². The second kappa shape index (κ2) is 14.0. The summed E-state index contributed by atoms with van der Waals surface area (Å²) in [6.45, 7) is -1.15. The first-order valence-corrected chi connectivity index (χ1v) is 16.2. The molecule has 1 fully saturated rings. The molecule has 0 heterocycles. The molecule has 13 heteroatoms. The number of halogens is 5. The lowest BCUT2D eigenvalue weighted by Crippen LogP contribution is -2.54. The molecule has 236 valence electrons. The van der Waals surface area contributed by atoms with Crippen LogP contribution in [0.15, 0.2) is 72.8 Å². The highest BCUT2D eigenvalue weighted by Crippen LogP contribution is 2.36. The van der Waals surface area contributed by atoms with E-state index >= 15 is 0 Å². The summed E-state index contributed by atoms with van der Waals surface area (Å²) in [5.41, 5.74) is -0.514. The summed E-state index contributed by atoms with van der Waals surface area (Å²) in [5.74, 6) is -1.84. The number of carbonyl (C=O) groups is 2. The Morgan fingerprint density at radius 1 is 0.977 bits per heavy atom. The van der Waals surface area contributed by atoms with Gasteiger partial charge in [-0.05, 0) is 54.3 Å². The molecule has 0 bridgehead atoms. The fourth-order valence-corrected chi connectivity index (χ4v) is 6.31. The minimum atomic E-state index is -4.81. The van der Waals surface area contributed by atoms with Gasteiger partial charge in [-0.1, -0.05) is 66.9 Å². The fraction of sp³-hybridized carbons (Fsp3) is 0.355. The average molecular weight is 654 g/mol. The Balaban J connectivity index is 1.76. The van der Waals surface area contributed by atoms with Crippen LogP contribution in [0, 0.1) is 5.82 Å². The van der Waals surface area contributed by atoms with Gasteiger partial charge in [-0.2, -0.15) is 13.2 Å². The van der Waals surface area contributed by atoms with Crippen molar-refractivity contribution in [2.45, 2.75) is 56.9 Å². The number of alkyl halides is 3. The fourth-order valence-electron chi connectivity index (χ4n) is 5.18. The zero-order valence-corrected chi connectivity index (χ0v) is 25.4. The van der Waals surface area contributed by atoms with Gasteiger partial charge in [-0.15, -0.1) is 0 Å².